The van der Waals surface area contributed by atoms with E-state index in [9.17, 15) is 4.79 Å². The van der Waals surface area contributed by atoms with Gasteiger partial charge in [0.25, 0.3) is 5.91 Å². The number of aromatic nitrogens is 1. The van der Waals surface area contributed by atoms with E-state index < -0.39 is 0 Å². The predicted octanol–water partition coefficient (Wildman–Crippen LogP) is 1.09. The molecule has 0 aliphatic carbocycles. The average molecular weight is 249 g/mol. The number of amides is 1. The van der Waals surface area contributed by atoms with Crippen molar-refractivity contribution in [3.05, 3.63) is 23.4 Å². The Labute approximate surface area is 107 Å². The zero-order chi connectivity index (χ0) is 13.0. The topological polar surface area (TPSA) is 68.5 Å². The molecule has 1 amide bonds. The van der Waals surface area contributed by atoms with Crippen molar-refractivity contribution in [1.82, 2.24) is 9.88 Å². The number of carbonyl (C=O) groups excluding carboxylic acids is 1. The highest BCUT2D eigenvalue weighted by Gasteiger charge is 2.18. The molecule has 1 aliphatic rings. The van der Waals surface area contributed by atoms with Gasteiger partial charge in [-0.25, -0.2) is 4.98 Å². The fourth-order valence-electron chi connectivity index (χ4n) is 2.05. The zero-order valence-electron chi connectivity index (χ0n) is 10.7. The molecule has 18 heavy (non-hydrogen) atoms. The van der Waals surface area contributed by atoms with Crippen molar-refractivity contribution >= 4 is 11.7 Å². The summed E-state index contributed by atoms with van der Waals surface area (Å²) in [4.78, 5) is 18.4. The van der Waals surface area contributed by atoms with Crippen molar-refractivity contribution in [1.29, 1.82) is 0 Å². The van der Waals surface area contributed by atoms with Crippen molar-refractivity contribution in [2.24, 2.45) is 0 Å². The Balaban J connectivity index is 2.18. The Bertz CT molecular complexity index is 426. The third-order valence-electron chi connectivity index (χ3n) is 3.02. The van der Waals surface area contributed by atoms with E-state index in [0.29, 0.717) is 24.5 Å². The first-order valence-corrected chi connectivity index (χ1v) is 6.34. The van der Waals surface area contributed by atoms with Crippen LogP contribution in [0.1, 0.15) is 29.4 Å². The molecule has 5 heteroatoms. The van der Waals surface area contributed by atoms with Crippen LogP contribution < -0.4 is 5.73 Å². The second-order valence-electron chi connectivity index (χ2n) is 4.38. The van der Waals surface area contributed by atoms with Crippen LogP contribution in [0.25, 0.3) is 0 Å². The number of nitrogens with two attached hydrogens (primary N) is 1. The standard InChI is InChI=1S/C13H19N3O2/c1-2-11-8-10(9-12(14)15-11)13(17)16-4-3-6-18-7-5-16/h8-9H,2-7H2,1H3,(H2,14,15). The molecule has 2 rings (SSSR count). The first-order valence-electron chi connectivity index (χ1n) is 6.34. The van der Waals surface area contributed by atoms with Crippen LogP contribution in [-0.2, 0) is 11.2 Å². The van der Waals surface area contributed by atoms with Crippen molar-refractivity contribution in [2.45, 2.75) is 19.8 Å². The molecular formula is C13H19N3O2. The molecule has 1 saturated heterocycles. The molecule has 0 radical (unpaired) electrons. The second kappa shape index (κ2) is 5.82. The molecule has 98 valence electrons. The van der Waals surface area contributed by atoms with Gasteiger partial charge >= 0.3 is 0 Å². The number of nitrogen functional groups attached to an aromatic ring is 1. The summed E-state index contributed by atoms with van der Waals surface area (Å²) < 4.78 is 5.35. The molecule has 2 N–H and O–H groups in total. The predicted molar refractivity (Wildman–Crippen MR) is 69.4 cm³/mol. The van der Waals surface area contributed by atoms with Gasteiger partial charge in [-0.15, -0.1) is 0 Å². The maximum atomic E-state index is 12.4. The zero-order valence-corrected chi connectivity index (χ0v) is 10.7. The Morgan fingerprint density at radius 2 is 2.28 bits per heavy atom. The summed E-state index contributed by atoms with van der Waals surface area (Å²) >= 11 is 0. The van der Waals surface area contributed by atoms with E-state index in [2.05, 4.69) is 4.98 Å². The molecule has 0 bridgehead atoms. The Morgan fingerprint density at radius 3 is 3.06 bits per heavy atom. The number of anilines is 1. The minimum atomic E-state index is 0.0179. The molecule has 5 nitrogen and oxygen atoms in total. The fourth-order valence-corrected chi connectivity index (χ4v) is 2.05. The second-order valence-corrected chi connectivity index (χ2v) is 4.38. The summed E-state index contributed by atoms with van der Waals surface area (Å²) in [5.41, 5.74) is 7.20. The van der Waals surface area contributed by atoms with Crippen LogP contribution in [0.2, 0.25) is 0 Å². The van der Waals surface area contributed by atoms with E-state index >= 15 is 0 Å². The number of aryl methyl sites for hydroxylation is 1. The summed E-state index contributed by atoms with van der Waals surface area (Å²) in [5.74, 6) is 0.424. The monoisotopic (exact) mass is 249 g/mol. The number of carbonyl (C=O) groups is 1. The molecule has 0 unspecified atom stereocenters. The average Bonchev–Trinajstić information content (AvgIpc) is 2.65. The lowest BCUT2D eigenvalue weighted by molar-refractivity contribution is 0.0741. The minimum absolute atomic E-state index is 0.0179. The fraction of sp³-hybridized carbons (Fsp3) is 0.538. The van der Waals surface area contributed by atoms with Gasteiger partial charge in [-0.3, -0.25) is 4.79 Å². The first-order chi connectivity index (χ1) is 8.70. The lowest BCUT2D eigenvalue weighted by Gasteiger charge is -2.20. The molecule has 1 fully saturated rings. The highest BCUT2D eigenvalue weighted by molar-refractivity contribution is 5.95. The summed E-state index contributed by atoms with van der Waals surface area (Å²) in [7, 11) is 0. The lowest BCUT2D eigenvalue weighted by atomic mass is 10.1. The molecule has 0 aromatic carbocycles. The van der Waals surface area contributed by atoms with Gasteiger partial charge in [0.05, 0.1) is 6.61 Å². The molecule has 0 saturated carbocycles. The van der Waals surface area contributed by atoms with Crippen molar-refractivity contribution < 1.29 is 9.53 Å². The third-order valence-corrected chi connectivity index (χ3v) is 3.02. The molecule has 1 aliphatic heterocycles. The normalized spacial score (nSPS) is 16.4. The number of hydrogen-bond acceptors (Lipinski definition) is 4. The molecule has 1 aromatic heterocycles. The van der Waals surface area contributed by atoms with Gasteiger partial charge in [-0.05, 0) is 25.0 Å². The summed E-state index contributed by atoms with van der Waals surface area (Å²) in [6.07, 6.45) is 1.65. The maximum absolute atomic E-state index is 12.4. The Kier molecular flexibility index (Phi) is 4.15. The molecule has 0 spiro atoms. The number of nitrogens with zero attached hydrogens (tertiary/aromatic N) is 2. The van der Waals surface area contributed by atoms with Gasteiger partial charge in [0.2, 0.25) is 0 Å². The Morgan fingerprint density at radius 1 is 1.44 bits per heavy atom. The number of ether oxygens (including phenoxy) is 1. The van der Waals surface area contributed by atoms with Gasteiger partial charge < -0.3 is 15.4 Å². The highest BCUT2D eigenvalue weighted by Crippen LogP contribution is 2.12. The van der Waals surface area contributed by atoms with E-state index in [-0.39, 0.29) is 5.91 Å². The summed E-state index contributed by atoms with van der Waals surface area (Å²) in [5, 5.41) is 0. The van der Waals surface area contributed by atoms with E-state index in [0.717, 1.165) is 31.7 Å². The molecule has 1 aromatic rings. The number of hydrogen-bond donors (Lipinski definition) is 1. The molecular weight excluding hydrogens is 230 g/mol. The van der Waals surface area contributed by atoms with E-state index in [1.165, 1.54) is 0 Å². The largest absolute Gasteiger partial charge is 0.384 e. The van der Waals surface area contributed by atoms with Crippen LogP contribution in [0.15, 0.2) is 12.1 Å². The van der Waals surface area contributed by atoms with Crippen molar-refractivity contribution in [3.63, 3.8) is 0 Å². The van der Waals surface area contributed by atoms with Crippen LogP contribution in [0, 0.1) is 0 Å². The number of pyridine rings is 1. The lowest BCUT2D eigenvalue weighted by Crippen LogP contribution is -2.33. The van der Waals surface area contributed by atoms with Gasteiger partial charge in [-0.1, -0.05) is 6.92 Å². The maximum Gasteiger partial charge on any atom is 0.254 e. The summed E-state index contributed by atoms with van der Waals surface area (Å²) in [6, 6.07) is 3.47. The van der Waals surface area contributed by atoms with Crippen LogP contribution >= 0.6 is 0 Å². The van der Waals surface area contributed by atoms with Crippen LogP contribution in [0.4, 0.5) is 5.82 Å². The summed E-state index contributed by atoms with van der Waals surface area (Å²) in [6.45, 7) is 4.70. The van der Waals surface area contributed by atoms with Gasteiger partial charge in [0.15, 0.2) is 0 Å². The van der Waals surface area contributed by atoms with Crippen LogP contribution in [0.5, 0.6) is 0 Å². The smallest absolute Gasteiger partial charge is 0.254 e. The van der Waals surface area contributed by atoms with Gasteiger partial charge in [0.1, 0.15) is 5.82 Å². The first kappa shape index (κ1) is 12.8. The molecule has 2 heterocycles. The van der Waals surface area contributed by atoms with Gasteiger partial charge in [-0.2, -0.15) is 0 Å². The van der Waals surface area contributed by atoms with Crippen molar-refractivity contribution in [3.8, 4) is 0 Å². The van der Waals surface area contributed by atoms with E-state index in [1.54, 1.807) is 6.07 Å². The Hall–Kier alpha value is -1.62. The number of rotatable bonds is 2. The minimum Gasteiger partial charge on any atom is -0.384 e. The highest BCUT2D eigenvalue weighted by atomic mass is 16.5. The third kappa shape index (κ3) is 2.98. The van der Waals surface area contributed by atoms with Gasteiger partial charge in [0, 0.05) is 31.0 Å². The quantitative estimate of drug-likeness (QED) is 0.852. The van der Waals surface area contributed by atoms with Crippen LogP contribution in [0.3, 0.4) is 0 Å². The van der Waals surface area contributed by atoms with E-state index in [4.69, 9.17) is 10.5 Å². The van der Waals surface area contributed by atoms with Crippen molar-refractivity contribution in [2.75, 3.05) is 32.0 Å². The van der Waals surface area contributed by atoms with E-state index in [1.807, 2.05) is 17.9 Å². The SMILES string of the molecule is CCc1cc(C(=O)N2CCCOCC2)cc(N)n1. The molecule has 0 atom stereocenters. The van der Waals surface area contributed by atoms with Crippen LogP contribution in [-0.4, -0.2) is 42.1 Å².